The van der Waals surface area contributed by atoms with Gasteiger partial charge in [-0.2, -0.15) is 21.6 Å². The van der Waals surface area contributed by atoms with Crippen molar-refractivity contribution in [3.63, 3.8) is 0 Å². The van der Waals surface area contributed by atoms with Gasteiger partial charge in [-0.3, -0.25) is 4.18 Å². The Hall–Kier alpha value is -1.08. The minimum Gasteiger partial charge on any atom is -0.273 e. The van der Waals surface area contributed by atoms with E-state index in [4.69, 9.17) is 0 Å². The Bertz CT molecular complexity index is 391. The van der Waals surface area contributed by atoms with E-state index in [-0.39, 0.29) is 0 Å². The molecule has 0 bridgehead atoms. The van der Waals surface area contributed by atoms with Crippen LogP contribution in [0.3, 0.4) is 0 Å². The van der Waals surface area contributed by atoms with E-state index < -0.39 is 27.6 Å². The summed E-state index contributed by atoms with van der Waals surface area (Å²) in [4.78, 5) is 0. The standard InChI is InChI=1S/C9H11F3O3S/c1-3-5-8(9(10,11)12)6-4-7-16(13,14)15-2/h3-6H,1,7H2,2H3/b6-4-,8-5+. The lowest BCUT2D eigenvalue weighted by Crippen LogP contribution is -2.10. The van der Waals surface area contributed by atoms with Gasteiger partial charge >= 0.3 is 6.18 Å². The van der Waals surface area contributed by atoms with Crippen molar-refractivity contribution < 1.29 is 25.8 Å². The highest BCUT2D eigenvalue weighted by Gasteiger charge is 2.31. The molecule has 0 spiro atoms. The second-order valence-corrected chi connectivity index (χ2v) is 4.43. The lowest BCUT2D eigenvalue weighted by atomic mass is 10.2. The maximum Gasteiger partial charge on any atom is 0.416 e. The Morgan fingerprint density at radius 2 is 2.00 bits per heavy atom. The Labute approximate surface area is 92.0 Å². The largest absolute Gasteiger partial charge is 0.416 e. The summed E-state index contributed by atoms with van der Waals surface area (Å²) in [5.74, 6) is -0.617. The van der Waals surface area contributed by atoms with Crippen molar-refractivity contribution in [3.8, 4) is 0 Å². The maximum absolute atomic E-state index is 12.3. The zero-order chi connectivity index (χ0) is 12.8. The van der Waals surface area contributed by atoms with E-state index in [0.29, 0.717) is 6.08 Å². The van der Waals surface area contributed by atoms with E-state index in [2.05, 4.69) is 10.8 Å². The van der Waals surface area contributed by atoms with Crippen LogP contribution < -0.4 is 0 Å². The van der Waals surface area contributed by atoms with E-state index in [1.54, 1.807) is 0 Å². The van der Waals surface area contributed by atoms with Crippen LogP contribution in [0.1, 0.15) is 0 Å². The van der Waals surface area contributed by atoms with Crippen LogP contribution in [0.25, 0.3) is 0 Å². The molecule has 92 valence electrons. The summed E-state index contributed by atoms with van der Waals surface area (Å²) < 4.78 is 62.4. The van der Waals surface area contributed by atoms with Crippen LogP contribution in [0.2, 0.25) is 0 Å². The van der Waals surface area contributed by atoms with Gasteiger partial charge in [-0.05, 0) is 0 Å². The molecule has 0 aromatic rings. The summed E-state index contributed by atoms with van der Waals surface area (Å²) in [5, 5.41) is 0. The van der Waals surface area contributed by atoms with E-state index in [1.165, 1.54) is 0 Å². The van der Waals surface area contributed by atoms with Crippen LogP contribution >= 0.6 is 0 Å². The smallest absolute Gasteiger partial charge is 0.273 e. The van der Waals surface area contributed by atoms with Gasteiger partial charge in [0.1, 0.15) is 0 Å². The zero-order valence-corrected chi connectivity index (χ0v) is 9.31. The van der Waals surface area contributed by atoms with Crippen molar-refractivity contribution in [1.29, 1.82) is 0 Å². The third kappa shape index (κ3) is 5.72. The predicted octanol–water partition coefficient (Wildman–Crippen LogP) is 2.19. The summed E-state index contributed by atoms with van der Waals surface area (Å²) in [6.07, 6.45) is -1.30. The summed E-state index contributed by atoms with van der Waals surface area (Å²) in [7, 11) is -2.84. The first kappa shape index (κ1) is 14.9. The average molecular weight is 256 g/mol. The van der Waals surface area contributed by atoms with Crippen molar-refractivity contribution in [3.05, 3.63) is 36.5 Å². The van der Waals surface area contributed by atoms with Gasteiger partial charge in [0.2, 0.25) is 0 Å². The SMILES string of the molecule is C=C/C=C(\C=C/CS(=O)(=O)OC)C(F)(F)F. The summed E-state index contributed by atoms with van der Waals surface area (Å²) in [6.45, 7) is 3.13. The summed E-state index contributed by atoms with van der Waals surface area (Å²) >= 11 is 0. The molecule has 0 heterocycles. The van der Waals surface area contributed by atoms with Crippen LogP contribution in [0, 0.1) is 0 Å². The van der Waals surface area contributed by atoms with Crippen LogP contribution in [-0.4, -0.2) is 27.5 Å². The molecule has 0 aliphatic carbocycles. The monoisotopic (exact) mass is 256 g/mol. The topological polar surface area (TPSA) is 43.4 Å². The molecule has 0 aliphatic rings. The van der Waals surface area contributed by atoms with Crippen molar-refractivity contribution in [1.82, 2.24) is 0 Å². The fourth-order valence-electron chi connectivity index (χ4n) is 0.732. The first-order valence-corrected chi connectivity index (χ1v) is 5.65. The van der Waals surface area contributed by atoms with Crippen LogP contribution in [0.4, 0.5) is 13.2 Å². The molecule has 0 atom stereocenters. The van der Waals surface area contributed by atoms with Gasteiger partial charge in [-0.25, -0.2) is 0 Å². The fraction of sp³-hybridized carbons (Fsp3) is 0.333. The van der Waals surface area contributed by atoms with Crippen molar-refractivity contribution in [2.45, 2.75) is 6.18 Å². The number of rotatable bonds is 5. The quantitative estimate of drug-likeness (QED) is 0.559. The lowest BCUT2D eigenvalue weighted by molar-refractivity contribution is -0.0881. The minimum atomic E-state index is -4.54. The van der Waals surface area contributed by atoms with Crippen molar-refractivity contribution in [2.24, 2.45) is 0 Å². The van der Waals surface area contributed by atoms with E-state index in [1.807, 2.05) is 0 Å². The van der Waals surface area contributed by atoms with Gasteiger partial charge in [-0.1, -0.05) is 30.9 Å². The Kier molecular flexibility index (Phi) is 5.46. The molecule has 0 amide bonds. The van der Waals surface area contributed by atoms with Gasteiger partial charge in [0.25, 0.3) is 10.1 Å². The normalized spacial score (nSPS) is 14.4. The number of hydrogen-bond donors (Lipinski definition) is 0. The molecule has 0 N–H and O–H groups in total. The van der Waals surface area contributed by atoms with Gasteiger partial charge < -0.3 is 0 Å². The van der Waals surface area contributed by atoms with E-state index in [0.717, 1.165) is 25.3 Å². The third-order valence-corrected chi connectivity index (χ3v) is 2.58. The fourth-order valence-corrected chi connectivity index (χ4v) is 1.20. The molecule has 0 aliphatic heterocycles. The summed E-state index contributed by atoms with van der Waals surface area (Å²) in [5.41, 5.74) is -0.978. The van der Waals surface area contributed by atoms with E-state index >= 15 is 0 Å². The molecular formula is C9H11F3O3S. The second-order valence-electron chi connectivity index (χ2n) is 2.65. The Balaban J connectivity index is 4.75. The molecule has 0 radical (unpaired) electrons. The molecule has 0 unspecified atom stereocenters. The van der Waals surface area contributed by atoms with Crippen LogP contribution in [0.5, 0.6) is 0 Å². The molecule has 3 nitrogen and oxygen atoms in total. The van der Waals surface area contributed by atoms with Gasteiger partial charge in [-0.15, -0.1) is 0 Å². The average Bonchev–Trinajstić information content (AvgIpc) is 2.15. The molecule has 0 aromatic heterocycles. The number of alkyl halides is 3. The Morgan fingerprint density at radius 1 is 1.44 bits per heavy atom. The first-order valence-electron chi connectivity index (χ1n) is 4.07. The number of halogens is 3. The maximum atomic E-state index is 12.3. The van der Waals surface area contributed by atoms with Crippen LogP contribution in [-0.2, 0) is 14.3 Å². The predicted molar refractivity (Wildman–Crippen MR) is 54.3 cm³/mol. The van der Waals surface area contributed by atoms with E-state index in [9.17, 15) is 21.6 Å². The molecule has 0 saturated heterocycles. The zero-order valence-electron chi connectivity index (χ0n) is 8.49. The van der Waals surface area contributed by atoms with Gasteiger partial charge in [0, 0.05) is 0 Å². The molecule has 0 saturated carbocycles. The highest BCUT2D eigenvalue weighted by atomic mass is 32.2. The summed E-state index contributed by atoms with van der Waals surface area (Å²) in [6, 6.07) is 0. The number of hydrogen-bond acceptors (Lipinski definition) is 3. The van der Waals surface area contributed by atoms with Crippen molar-refractivity contribution in [2.75, 3.05) is 12.9 Å². The molecular weight excluding hydrogens is 245 g/mol. The molecule has 7 heteroatoms. The molecule has 0 rings (SSSR count). The van der Waals surface area contributed by atoms with Gasteiger partial charge in [0.15, 0.2) is 0 Å². The highest BCUT2D eigenvalue weighted by molar-refractivity contribution is 7.86. The lowest BCUT2D eigenvalue weighted by Gasteiger charge is -2.06. The second kappa shape index (κ2) is 5.86. The van der Waals surface area contributed by atoms with Crippen LogP contribution in [0.15, 0.2) is 36.5 Å². The highest BCUT2D eigenvalue weighted by Crippen LogP contribution is 2.26. The third-order valence-electron chi connectivity index (χ3n) is 1.48. The molecule has 0 aromatic carbocycles. The van der Waals surface area contributed by atoms with Crippen molar-refractivity contribution >= 4 is 10.1 Å². The molecule has 16 heavy (non-hydrogen) atoms. The Morgan fingerprint density at radius 3 is 2.38 bits per heavy atom. The molecule has 0 fully saturated rings. The minimum absolute atomic E-state index is 0.617. The number of allylic oxidation sites excluding steroid dienone is 4. The first-order chi connectivity index (χ1) is 7.23. The van der Waals surface area contributed by atoms with Gasteiger partial charge in [0.05, 0.1) is 18.4 Å².